The molecule has 6 heteroatoms. The molecule has 1 aromatic carbocycles. The summed E-state index contributed by atoms with van der Waals surface area (Å²) in [5, 5.41) is 0. The summed E-state index contributed by atoms with van der Waals surface area (Å²) in [5.74, 6) is -4.20. The van der Waals surface area contributed by atoms with Gasteiger partial charge in [0.25, 0.3) is 0 Å². The van der Waals surface area contributed by atoms with Gasteiger partial charge in [0.2, 0.25) is 0 Å². The molecule has 1 rings (SSSR count). The van der Waals surface area contributed by atoms with E-state index in [-0.39, 0.29) is 5.56 Å². The van der Waals surface area contributed by atoms with Crippen LogP contribution in [0.15, 0.2) is 12.1 Å². The van der Waals surface area contributed by atoms with Gasteiger partial charge in [-0.2, -0.15) is 0 Å². The summed E-state index contributed by atoms with van der Waals surface area (Å²) in [4.78, 5) is 11.5. The fraction of sp³-hybridized carbons (Fsp3) is 0.417. The van der Waals surface area contributed by atoms with Gasteiger partial charge in [0, 0.05) is 17.7 Å². The van der Waals surface area contributed by atoms with Crippen molar-refractivity contribution in [3.05, 3.63) is 35.1 Å². The molecular formula is C12H14F3NO2. The summed E-state index contributed by atoms with van der Waals surface area (Å²) in [6.07, 6.45) is 0. The number of methoxy groups -OCH3 is 1. The Balaban J connectivity index is 3.22. The molecule has 0 heterocycles. The summed E-state index contributed by atoms with van der Waals surface area (Å²) in [5.41, 5.74) is 4.20. The quantitative estimate of drug-likeness (QED) is 0.671. The van der Waals surface area contributed by atoms with Gasteiger partial charge >= 0.3 is 5.97 Å². The Morgan fingerprint density at radius 2 is 1.72 bits per heavy atom. The second kappa shape index (κ2) is 4.97. The topological polar surface area (TPSA) is 52.3 Å². The summed E-state index contributed by atoms with van der Waals surface area (Å²) in [6.45, 7) is 2.87. The molecule has 0 aliphatic carbocycles. The number of carbonyl (C=O) groups excluding carboxylic acids is 1. The van der Waals surface area contributed by atoms with Crippen LogP contribution in [0.3, 0.4) is 0 Å². The first-order valence-corrected chi connectivity index (χ1v) is 5.20. The number of esters is 1. The van der Waals surface area contributed by atoms with E-state index in [0.717, 1.165) is 0 Å². The van der Waals surface area contributed by atoms with Crippen LogP contribution in [0.2, 0.25) is 0 Å². The van der Waals surface area contributed by atoms with Crippen LogP contribution >= 0.6 is 0 Å². The predicted octanol–water partition coefficient (Wildman–Crippen LogP) is 2.30. The lowest BCUT2D eigenvalue weighted by atomic mass is 9.81. The van der Waals surface area contributed by atoms with E-state index in [9.17, 15) is 18.0 Å². The lowest BCUT2D eigenvalue weighted by Gasteiger charge is -2.29. The number of rotatable bonds is 3. The Morgan fingerprint density at radius 3 is 2.22 bits per heavy atom. The van der Waals surface area contributed by atoms with Crippen molar-refractivity contribution in [1.82, 2.24) is 0 Å². The third-order valence-electron chi connectivity index (χ3n) is 2.86. The van der Waals surface area contributed by atoms with Gasteiger partial charge in [0.1, 0.15) is 5.82 Å². The van der Waals surface area contributed by atoms with E-state index in [2.05, 4.69) is 4.74 Å². The first-order chi connectivity index (χ1) is 8.21. The van der Waals surface area contributed by atoms with E-state index < -0.39 is 34.9 Å². The molecule has 0 aliphatic rings. The highest BCUT2D eigenvalue weighted by atomic mass is 19.2. The largest absolute Gasteiger partial charge is 0.469 e. The zero-order valence-corrected chi connectivity index (χ0v) is 10.3. The lowest BCUT2D eigenvalue weighted by molar-refractivity contribution is -0.152. The van der Waals surface area contributed by atoms with Gasteiger partial charge in [0.05, 0.1) is 12.5 Å². The van der Waals surface area contributed by atoms with Crippen LogP contribution in [0.1, 0.15) is 25.5 Å². The minimum atomic E-state index is -1.31. The maximum atomic E-state index is 13.5. The molecule has 0 bridgehead atoms. The maximum absolute atomic E-state index is 13.5. The van der Waals surface area contributed by atoms with Crippen LogP contribution in [0.25, 0.3) is 0 Å². The second-order valence-corrected chi connectivity index (χ2v) is 4.48. The van der Waals surface area contributed by atoms with Gasteiger partial charge in [-0.25, -0.2) is 13.2 Å². The molecule has 0 saturated carbocycles. The van der Waals surface area contributed by atoms with Crippen molar-refractivity contribution in [2.75, 3.05) is 7.11 Å². The molecule has 0 unspecified atom stereocenters. The Bertz CT molecular complexity index is 475. The average Bonchev–Trinajstić information content (AvgIpc) is 2.31. The van der Waals surface area contributed by atoms with Crippen LogP contribution < -0.4 is 5.73 Å². The van der Waals surface area contributed by atoms with Crippen molar-refractivity contribution in [1.29, 1.82) is 0 Å². The molecule has 1 aromatic rings. The number of hydrogen-bond donors (Lipinski definition) is 1. The molecule has 0 fully saturated rings. The SMILES string of the molecule is COC(=O)C(C)(C)[C@@H](N)c1cc(F)c(F)cc1F. The lowest BCUT2D eigenvalue weighted by Crippen LogP contribution is -2.38. The van der Waals surface area contributed by atoms with Crippen molar-refractivity contribution in [3.8, 4) is 0 Å². The van der Waals surface area contributed by atoms with E-state index >= 15 is 0 Å². The predicted molar refractivity (Wildman–Crippen MR) is 59.0 cm³/mol. The van der Waals surface area contributed by atoms with Crippen LogP contribution in [0.5, 0.6) is 0 Å². The van der Waals surface area contributed by atoms with Crippen molar-refractivity contribution in [2.45, 2.75) is 19.9 Å². The molecule has 2 N–H and O–H groups in total. The number of halogens is 3. The van der Waals surface area contributed by atoms with E-state index in [1.807, 2.05) is 0 Å². The van der Waals surface area contributed by atoms with Gasteiger partial charge in [-0.15, -0.1) is 0 Å². The molecule has 0 aliphatic heterocycles. The number of nitrogens with two attached hydrogens (primary N) is 1. The molecule has 0 radical (unpaired) electrons. The smallest absolute Gasteiger partial charge is 0.313 e. The zero-order valence-electron chi connectivity index (χ0n) is 10.3. The number of hydrogen-bond acceptors (Lipinski definition) is 3. The van der Waals surface area contributed by atoms with Gasteiger partial charge in [0.15, 0.2) is 11.6 Å². The molecule has 100 valence electrons. The van der Waals surface area contributed by atoms with E-state index in [1.54, 1.807) is 0 Å². The Hall–Kier alpha value is -1.56. The average molecular weight is 261 g/mol. The number of carbonyl (C=O) groups is 1. The number of benzene rings is 1. The van der Waals surface area contributed by atoms with Gasteiger partial charge in [-0.3, -0.25) is 4.79 Å². The molecule has 3 nitrogen and oxygen atoms in total. The maximum Gasteiger partial charge on any atom is 0.313 e. The normalized spacial score (nSPS) is 13.3. The van der Waals surface area contributed by atoms with Crippen LogP contribution in [-0.4, -0.2) is 13.1 Å². The third-order valence-corrected chi connectivity index (χ3v) is 2.86. The summed E-state index contributed by atoms with van der Waals surface area (Å²) >= 11 is 0. The number of ether oxygens (including phenoxy) is 1. The molecule has 1 atom stereocenters. The highest BCUT2D eigenvalue weighted by Gasteiger charge is 2.38. The minimum Gasteiger partial charge on any atom is -0.469 e. The summed E-state index contributed by atoms with van der Waals surface area (Å²) in [7, 11) is 1.17. The van der Waals surface area contributed by atoms with Crippen molar-refractivity contribution >= 4 is 5.97 Å². The fourth-order valence-corrected chi connectivity index (χ4v) is 1.56. The highest BCUT2D eigenvalue weighted by molar-refractivity contribution is 5.77. The second-order valence-electron chi connectivity index (χ2n) is 4.48. The molecule has 0 amide bonds. The molecular weight excluding hydrogens is 247 g/mol. The standard InChI is InChI=1S/C12H14F3NO2/c1-12(2,11(17)18-3)10(16)6-4-8(14)9(15)5-7(6)13/h4-5,10H,16H2,1-3H3/t10-/m0/s1. The van der Waals surface area contributed by atoms with Crippen LogP contribution in [0.4, 0.5) is 13.2 Å². The minimum absolute atomic E-state index is 0.274. The first-order valence-electron chi connectivity index (χ1n) is 5.20. The fourth-order valence-electron chi connectivity index (χ4n) is 1.56. The van der Waals surface area contributed by atoms with Crippen LogP contribution in [-0.2, 0) is 9.53 Å². The van der Waals surface area contributed by atoms with E-state index in [1.165, 1.54) is 21.0 Å². The highest BCUT2D eigenvalue weighted by Crippen LogP contribution is 2.34. The Kier molecular flexibility index (Phi) is 4.01. The van der Waals surface area contributed by atoms with E-state index in [0.29, 0.717) is 12.1 Å². The summed E-state index contributed by atoms with van der Waals surface area (Å²) in [6, 6.07) is -0.0993. The van der Waals surface area contributed by atoms with Crippen LogP contribution in [0, 0.1) is 22.9 Å². The zero-order chi connectivity index (χ0) is 14.1. The summed E-state index contributed by atoms with van der Waals surface area (Å²) < 4.78 is 44.0. The third kappa shape index (κ3) is 2.48. The van der Waals surface area contributed by atoms with Gasteiger partial charge in [-0.05, 0) is 19.9 Å². The van der Waals surface area contributed by atoms with Crippen molar-refractivity contribution in [2.24, 2.45) is 11.1 Å². The van der Waals surface area contributed by atoms with Gasteiger partial charge in [-0.1, -0.05) is 0 Å². The first kappa shape index (κ1) is 14.5. The van der Waals surface area contributed by atoms with E-state index in [4.69, 9.17) is 5.73 Å². The van der Waals surface area contributed by atoms with Gasteiger partial charge < -0.3 is 10.5 Å². The molecule has 0 aromatic heterocycles. The molecule has 0 saturated heterocycles. The molecule has 0 spiro atoms. The monoisotopic (exact) mass is 261 g/mol. The van der Waals surface area contributed by atoms with Crippen molar-refractivity contribution < 1.29 is 22.7 Å². The molecule has 18 heavy (non-hydrogen) atoms. The van der Waals surface area contributed by atoms with Crippen molar-refractivity contribution in [3.63, 3.8) is 0 Å². The Labute approximate surface area is 103 Å². The Morgan fingerprint density at radius 1 is 1.22 bits per heavy atom.